The third kappa shape index (κ3) is 2.62. The first kappa shape index (κ1) is 14.7. The van der Waals surface area contributed by atoms with Crippen LogP contribution in [0.3, 0.4) is 0 Å². The largest absolute Gasteiger partial charge is 0.467 e. The van der Waals surface area contributed by atoms with Crippen LogP contribution < -0.4 is 5.32 Å². The van der Waals surface area contributed by atoms with Gasteiger partial charge in [0.05, 0.1) is 12.8 Å². The summed E-state index contributed by atoms with van der Waals surface area (Å²) in [6.07, 6.45) is 4.29. The summed E-state index contributed by atoms with van der Waals surface area (Å²) in [6.45, 7) is 1.80. The minimum atomic E-state index is -0.0641. The molecule has 0 aliphatic carbocycles. The van der Waals surface area contributed by atoms with E-state index in [2.05, 4.69) is 10.3 Å². The van der Waals surface area contributed by atoms with Crippen LogP contribution in [0.5, 0.6) is 0 Å². The first-order valence-corrected chi connectivity index (χ1v) is 8.05. The number of hydrogen-bond donors (Lipinski definition) is 1. The molecule has 1 saturated heterocycles. The number of carbonyl (C=O) groups excluding carboxylic acids is 1. The summed E-state index contributed by atoms with van der Waals surface area (Å²) in [6, 6.07) is 7.45. The van der Waals surface area contributed by atoms with Gasteiger partial charge in [0.2, 0.25) is 0 Å². The summed E-state index contributed by atoms with van der Waals surface area (Å²) in [7, 11) is 1.98. The molecule has 1 N–H and O–H groups in total. The van der Waals surface area contributed by atoms with E-state index in [1.807, 2.05) is 40.8 Å². The molecule has 0 bridgehead atoms. The van der Waals surface area contributed by atoms with E-state index in [0.29, 0.717) is 13.1 Å². The Kier molecular flexibility index (Phi) is 3.68. The number of hydrogen-bond acceptors (Lipinski definition) is 4. The van der Waals surface area contributed by atoms with Crippen molar-refractivity contribution in [1.29, 1.82) is 0 Å². The minimum Gasteiger partial charge on any atom is -0.467 e. The van der Waals surface area contributed by atoms with Crippen LogP contribution in [0.2, 0.25) is 0 Å². The number of rotatable bonds is 3. The summed E-state index contributed by atoms with van der Waals surface area (Å²) in [5, 5.41) is 2.89. The van der Waals surface area contributed by atoms with Crippen molar-refractivity contribution in [3.8, 4) is 0 Å². The van der Waals surface area contributed by atoms with Crippen LogP contribution in [0.15, 0.2) is 41.1 Å². The lowest BCUT2D eigenvalue weighted by Crippen LogP contribution is -2.38. The highest BCUT2D eigenvalue weighted by Crippen LogP contribution is 2.28. The van der Waals surface area contributed by atoms with Crippen molar-refractivity contribution < 1.29 is 9.21 Å². The predicted molar refractivity (Wildman–Crippen MR) is 88.4 cm³/mol. The van der Waals surface area contributed by atoms with Gasteiger partial charge in [0.15, 0.2) is 5.65 Å². The van der Waals surface area contributed by atoms with Crippen molar-refractivity contribution in [2.45, 2.75) is 18.9 Å². The number of imidazole rings is 1. The molecule has 1 aliphatic rings. The molecule has 3 aromatic rings. The Morgan fingerprint density at radius 3 is 3.12 bits per heavy atom. The number of nitrogens with zero attached hydrogens (tertiary/aromatic N) is 4. The first-order valence-electron chi connectivity index (χ1n) is 8.05. The number of furan rings is 1. The van der Waals surface area contributed by atoms with Gasteiger partial charge in [-0.2, -0.15) is 0 Å². The molecule has 0 spiro atoms. The zero-order valence-electron chi connectivity index (χ0n) is 13.5. The second-order valence-electron chi connectivity index (χ2n) is 6.04. The molecule has 0 unspecified atom stereocenters. The molecule has 3 aromatic heterocycles. The number of amides is 2. The molecule has 2 amide bonds. The van der Waals surface area contributed by atoms with E-state index in [-0.39, 0.29) is 11.9 Å². The molecule has 7 nitrogen and oxygen atoms in total. The Balaban J connectivity index is 1.43. The van der Waals surface area contributed by atoms with Crippen molar-refractivity contribution in [2.75, 3.05) is 13.1 Å². The van der Waals surface area contributed by atoms with Gasteiger partial charge in [-0.3, -0.25) is 0 Å². The fourth-order valence-electron chi connectivity index (χ4n) is 3.25. The number of aryl methyl sites for hydroxylation is 1. The molecular formula is C17H19N5O2. The van der Waals surface area contributed by atoms with Crippen molar-refractivity contribution in [2.24, 2.45) is 7.05 Å². The van der Waals surface area contributed by atoms with Crippen LogP contribution in [0.25, 0.3) is 11.2 Å². The molecule has 1 atom stereocenters. The number of nitrogens with one attached hydrogen (secondary N) is 1. The van der Waals surface area contributed by atoms with Gasteiger partial charge < -0.3 is 19.2 Å². The highest BCUT2D eigenvalue weighted by Gasteiger charge is 2.30. The highest BCUT2D eigenvalue weighted by molar-refractivity contribution is 5.75. The maximum Gasteiger partial charge on any atom is 0.317 e. The Bertz CT molecular complexity index is 855. The zero-order valence-corrected chi connectivity index (χ0v) is 13.5. The van der Waals surface area contributed by atoms with E-state index in [1.165, 1.54) is 0 Å². The molecule has 4 rings (SSSR count). The average Bonchev–Trinajstić information content (AvgIpc) is 3.33. The van der Waals surface area contributed by atoms with E-state index < -0.39 is 0 Å². The highest BCUT2D eigenvalue weighted by atomic mass is 16.3. The number of fused-ring (bicyclic) bond motifs is 1. The molecule has 0 saturated carbocycles. The van der Waals surface area contributed by atoms with Gasteiger partial charge in [0.25, 0.3) is 0 Å². The smallest absolute Gasteiger partial charge is 0.317 e. The third-order valence-corrected chi connectivity index (χ3v) is 4.50. The van der Waals surface area contributed by atoms with Gasteiger partial charge in [-0.05, 0) is 30.7 Å². The normalized spacial score (nSPS) is 17.5. The Hall–Kier alpha value is -2.83. The fraction of sp³-hybridized carbons (Fsp3) is 0.353. The Labute approximate surface area is 139 Å². The van der Waals surface area contributed by atoms with Crippen molar-refractivity contribution >= 4 is 17.2 Å². The van der Waals surface area contributed by atoms with Crippen LogP contribution in [-0.4, -0.2) is 38.6 Å². The van der Waals surface area contributed by atoms with Gasteiger partial charge in [0.1, 0.15) is 17.1 Å². The Morgan fingerprint density at radius 2 is 2.33 bits per heavy atom. The third-order valence-electron chi connectivity index (χ3n) is 4.50. The topological polar surface area (TPSA) is 76.2 Å². The van der Waals surface area contributed by atoms with Gasteiger partial charge in [-0.1, -0.05) is 0 Å². The summed E-state index contributed by atoms with van der Waals surface area (Å²) in [5.41, 5.74) is 1.78. The summed E-state index contributed by atoms with van der Waals surface area (Å²) < 4.78 is 7.26. The SMILES string of the molecule is Cn1c([C@@H]2CCN(C(=O)NCc3ccco3)C2)nc2cccnc21. The summed E-state index contributed by atoms with van der Waals surface area (Å²) in [4.78, 5) is 23.2. The van der Waals surface area contributed by atoms with Crippen LogP contribution in [-0.2, 0) is 13.6 Å². The van der Waals surface area contributed by atoms with Crippen LogP contribution in [0.4, 0.5) is 4.79 Å². The van der Waals surface area contributed by atoms with Gasteiger partial charge in [0, 0.05) is 32.3 Å². The summed E-state index contributed by atoms with van der Waals surface area (Å²) >= 11 is 0. The molecule has 0 aromatic carbocycles. The summed E-state index contributed by atoms with van der Waals surface area (Å²) in [5.74, 6) is 1.98. The monoisotopic (exact) mass is 325 g/mol. The minimum absolute atomic E-state index is 0.0641. The van der Waals surface area contributed by atoms with Crippen LogP contribution >= 0.6 is 0 Å². The average molecular weight is 325 g/mol. The van der Waals surface area contributed by atoms with E-state index in [1.54, 1.807) is 12.5 Å². The van der Waals surface area contributed by atoms with Crippen molar-refractivity contribution in [3.05, 3.63) is 48.3 Å². The van der Waals surface area contributed by atoms with E-state index in [9.17, 15) is 4.79 Å². The van der Waals surface area contributed by atoms with Crippen molar-refractivity contribution in [1.82, 2.24) is 24.8 Å². The molecule has 7 heteroatoms. The van der Waals surface area contributed by atoms with E-state index in [4.69, 9.17) is 9.40 Å². The standard InChI is InChI=1S/C17H19N5O2/c1-21-15(20-14-5-2-7-18-16(14)21)12-6-8-22(11-12)17(23)19-10-13-4-3-9-24-13/h2-5,7,9,12H,6,8,10-11H2,1H3,(H,19,23)/t12-/m1/s1. The zero-order chi connectivity index (χ0) is 16.5. The first-order chi connectivity index (χ1) is 11.7. The molecule has 24 heavy (non-hydrogen) atoms. The maximum absolute atomic E-state index is 12.3. The molecule has 124 valence electrons. The maximum atomic E-state index is 12.3. The predicted octanol–water partition coefficient (Wildman–Crippen LogP) is 2.26. The van der Waals surface area contributed by atoms with Crippen molar-refractivity contribution in [3.63, 3.8) is 0 Å². The molecular weight excluding hydrogens is 306 g/mol. The van der Waals surface area contributed by atoms with E-state index in [0.717, 1.165) is 35.7 Å². The quantitative estimate of drug-likeness (QED) is 0.801. The molecule has 1 fully saturated rings. The lowest BCUT2D eigenvalue weighted by Gasteiger charge is -2.17. The Morgan fingerprint density at radius 1 is 1.42 bits per heavy atom. The second kappa shape index (κ2) is 5.99. The molecule has 0 radical (unpaired) electrons. The molecule has 4 heterocycles. The van der Waals surface area contributed by atoms with Crippen LogP contribution in [0.1, 0.15) is 23.9 Å². The van der Waals surface area contributed by atoms with E-state index >= 15 is 0 Å². The van der Waals surface area contributed by atoms with Gasteiger partial charge >= 0.3 is 6.03 Å². The fourth-order valence-corrected chi connectivity index (χ4v) is 3.25. The second-order valence-corrected chi connectivity index (χ2v) is 6.04. The number of pyridine rings is 1. The van der Waals surface area contributed by atoms with Gasteiger partial charge in [-0.25, -0.2) is 14.8 Å². The number of aromatic nitrogens is 3. The molecule has 1 aliphatic heterocycles. The van der Waals surface area contributed by atoms with Gasteiger partial charge in [-0.15, -0.1) is 0 Å². The number of urea groups is 1. The lowest BCUT2D eigenvalue weighted by molar-refractivity contribution is 0.206. The van der Waals surface area contributed by atoms with Crippen LogP contribution in [0, 0.1) is 0 Å². The number of carbonyl (C=O) groups is 1. The number of likely N-dealkylation sites (tertiary alicyclic amines) is 1. The lowest BCUT2D eigenvalue weighted by atomic mass is 10.1.